The van der Waals surface area contributed by atoms with Crippen LogP contribution < -0.4 is 10.1 Å². The lowest BCUT2D eigenvalue weighted by Gasteiger charge is -2.09. The van der Waals surface area contributed by atoms with Gasteiger partial charge in [0.2, 0.25) is 5.91 Å². The van der Waals surface area contributed by atoms with E-state index in [-0.39, 0.29) is 11.7 Å². The summed E-state index contributed by atoms with van der Waals surface area (Å²) in [6, 6.07) is 4.55. The Kier molecular flexibility index (Phi) is 3.34. The smallest absolute Gasteiger partial charge is 0.224 e. The van der Waals surface area contributed by atoms with E-state index in [1.54, 1.807) is 13.0 Å². The summed E-state index contributed by atoms with van der Waals surface area (Å²) >= 11 is 0. The number of methoxy groups -OCH3 is 1. The van der Waals surface area contributed by atoms with Gasteiger partial charge in [0.25, 0.3) is 0 Å². The molecule has 14 heavy (non-hydrogen) atoms. The number of nitrogens with one attached hydrogen (secondary N) is 1. The number of ether oxygens (including phenoxy) is 1. The van der Waals surface area contributed by atoms with Crippen LogP contribution in [0.2, 0.25) is 0 Å². The third-order valence-corrected chi connectivity index (χ3v) is 1.78. The van der Waals surface area contributed by atoms with Crippen LogP contribution in [0.5, 0.6) is 11.5 Å². The van der Waals surface area contributed by atoms with Crippen LogP contribution in [0.4, 0.5) is 5.69 Å². The molecule has 0 fully saturated rings. The second-order valence-corrected chi connectivity index (χ2v) is 2.79. The Bertz CT molecular complexity index is 336. The van der Waals surface area contributed by atoms with Gasteiger partial charge in [0, 0.05) is 12.5 Å². The van der Waals surface area contributed by atoms with Crippen molar-refractivity contribution in [3.8, 4) is 11.5 Å². The largest absolute Gasteiger partial charge is 0.508 e. The zero-order valence-corrected chi connectivity index (χ0v) is 8.20. The van der Waals surface area contributed by atoms with Crippen molar-refractivity contribution in [2.24, 2.45) is 0 Å². The van der Waals surface area contributed by atoms with Crippen molar-refractivity contribution in [1.82, 2.24) is 0 Å². The summed E-state index contributed by atoms with van der Waals surface area (Å²) in [4.78, 5) is 11.1. The molecular formula is C10H13NO3. The lowest BCUT2D eigenvalue weighted by molar-refractivity contribution is -0.115. The molecule has 4 heteroatoms. The molecule has 2 N–H and O–H groups in total. The average molecular weight is 195 g/mol. The summed E-state index contributed by atoms with van der Waals surface area (Å²) in [5.74, 6) is 0.510. The number of carbonyl (C=O) groups excluding carboxylic acids is 1. The van der Waals surface area contributed by atoms with Crippen molar-refractivity contribution in [3.63, 3.8) is 0 Å². The molecule has 0 radical (unpaired) electrons. The maximum absolute atomic E-state index is 11.1. The highest BCUT2D eigenvalue weighted by Crippen LogP contribution is 2.28. The van der Waals surface area contributed by atoms with Gasteiger partial charge < -0.3 is 15.2 Å². The Labute approximate surface area is 82.5 Å². The predicted octanol–water partition coefficient (Wildman–Crippen LogP) is 1.75. The van der Waals surface area contributed by atoms with Crippen molar-refractivity contribution >= 4 is 11.6 Å². The fraction of sp³-hybridized carbons (Fsp3) is 0.300. The minimum atomic E-state index is -0.117. The standard InChI is InChI=1S/C10H13NO3/c1-3-10(13)11-8-6-7(12)4-5-9(8)14-2/h4-6,12H,3H2,1-2H3,(H,11,13). The van der Waals surface area contributed by atoms with E-state index in [0.29, 0.717) is 17.9 Å². The lowest BCUT2D eigenvalue weighted by atomic mass is 10.2. The number of hydrogen-bond donors (Lipinski definition) is 2. The maximum Gasteiger partial charge on any atom is 0.224 e. The van der Waals surface area contributed by atoms with Gasteiger partial charge in [0.15, 0.2) is 0 Å². The number of carbonyl (C=O) groups is 1. The van der Waals surface area contributed by atoms with Gasteiger partial charge in [-0.15, -0.1) is 0 Å². The van der Waals surface area contributed by atoms with Crippen LogP contribution in [0.1, 0.15) is 13.3 Å². The van der Waals surface area contributed by atoms with Gasteiger partial charge >= 0.3 is 0 Å². The Hall–Kier alpha value is -1.71. The van der Waals surface area contributed by atoms with Gasteiger partial charge in [-0.25, -0.2) is 0 Å². The van der Waals surface area contributed by atoms with E-state index in [1.807, 2.05) is 0 Å². The molecule has 0 spiro atoms. The van der Waals surface area contributed by atoms with Gasteiger partial charge in [-0.1, -0.05) is 6.92 Å². The lowest BCUT2D eigenvalue weighted by Crippen LogP contribution is -2.10. The SMILES string of the molecule is CCC(=O)Nc1cc(O)ccc1OC. The molecule has 0 atom stereocenters. The third-order valence-electron chi connectivity index (χ3n) is 1.78. The maximum atomic E-state index is 11.1. The van der Waals surface area contributed by atoms with Crippen LogP contribution in [0.3, 0.4) is 0 Å². The highest BCUT2D eigenvalue weighted by Gasteiger charge is 2.06. The topological polar surface area (TPSA) is 58.6 Å². The molecule has 76 valence electrons. The van der Waals surface area contributed by atoms with Crippen LogP contribution in [0, 0.1) is 0 Å². The minimum absolute atomic E-state index is 0.0946. The van der Waals surface area contributed by atoms with E-state index >= 15 is 0 Å². The first kappa shape index (κ1) is 10.4. The van der Waals surface area contributed by atoms with Crippen LogP contribution in [0.15, 0.2) is 18.2 Å². The van der Waals surface area contributed by atoms with Crippen molar-refractivity contribution in [2.45, 2.75) is 13.3 Å². The number of benzene rings is 1. The molecule has 0 saturated heterocycles. The zero-order valence-electron chi connectivity index (χ0n) is 8.20. The van der Waals surface area contributed by atoms with Gasteiger partial charge in [0.1, 0.15) is 11.5 Å². The minimum Gasteiger partial charge on any atom is -0.508 e. The summed E-state index contributed by atoms with van der Waals surface area (Å²) in [5.41, 5.74) is 0.486. The van der Waals surface area contributed by atoms with E-state index in [4.69, 9.17) is 4.74 Å². The average Bonchev–Trinajstić information content (AvgIpc) is 2.18. The van der Waals surface area contributed by atoms with Gasteiger partial charge in [-0.05, 0) is 12.1 Å². The molecule has 1 aromatic carbocycles. The first-order chi connectivity index (χ1) is 6.67. The Morgan fingerprint density at radius 1 is 1.57 bits per heavy atom. The summed E-state index contributed by atoms with van der Waals surface area (Å²) < 4.78 is 5.02. The Balaban J connectivity index is 2.93. The summed E-state index contributed by atoms with van der Waals surface area (Å²) in [5, 5.41) is 11.8. The molecule has 0 unspecified atom stereocenters. The Morgan fingerprint density at radius 3 is 2.86 bits per heavy atom. The first-order valence-corrected chi connectivity index (χ1v) is 4.34. The second kappa shape index (κ2) is 4.50. The van der Waals surface area contributed by atoms with Crippen molar-refractivity contribution in [2.75, 3.05) is 12.4 Å². The van der Waals surface area contributed by atoms with Crippen molar-refractivity contribution < 1.29 is 14.6 Å². The summed E-state index contributed by atoms with van der Waals surface area (Å²) in [7, 11) is 1.51. The fourth-order valence-corrected chi connectivity index (χ4v) is 1.03. The molecule has 0 bridgehead atoms. The molecule has 1 aromatic rings. The number of phenols is 1. The van der Waals surface area contributed by atoms with Gasteiger partial charge in [0.05, 0.1) is 12.8 Å². The van der Waals surface area contributed by atoms with Crippen LogP contribution in [-0.4, -0.2) is 18.1 Å². The summed E-state index contributed by atoms with van der Waals surface area (Å²) in [6.07, 6.45) is 0.388. The molecule has 0 aliphatic heterocycles. The molecule has 4 nitrogen and oxygen atoms in total. The van der Waals surface area contributed by atoms with Crippen molar-refractivity contribution in [3.05, 3.63) is 18.2 Å². The number of amides is 1. The number of aromatic hydroxyl groups is 1. The Morgan fingerprint density at radius 2 is 2.29 bits per heavy atom. The van der Waals surface area contributed by atoms with E-state index < -0.39 is 0 Å². The van der Waals surface area contributed by atoms with E-state index in [0.717, 1.165) is 0 Å². The van der Waals surface area contributed by atoms with E-state index in [9.17, 15) is 9.90 Å². The van der Waals surface area contributed by atoms with E-state index in [2.05, 4.69) is 5.32 Å². The predicted molar refractivity (Wildman–Crippen MR) is 53.6 cm³/mol. The van der Waals surface area contributed by atoms with Gasteiger partial charge in [-0.2, -0.15) is 0 Å². The molecule has 0 aromatic heterocycles. The van der Waals surface area contributed by atoms with Gasteiger partial charge in [-0.3, -0.25) is 4.79 Å². The molecule has 0 aliphatic rings. The number of anilines is 1. The highest BCUT2D eigenvalue weighted by atomic mass is 16.5. The molecular weight excluding hydrogens is 182 g/mol. The second-order valence-electron chi connectivity index (χ2n) is 2.79. The molecule has 0 aliphatic carbocycles. The highest BCUT2D eigenvalue weighted by molar-refractivity contribution is 5.92. The van der Waals surface area contributed by atoms with Crippen LogP contribution in [-0.2, 0) is 4.79 Å². The van der Waals surface area contributed by atoms with Crippen LogP contribution in [0.25, 0.3) is 0 Å². The molecule has 1 amide bonds. The molecule has 1 rings (SSSR count). The third kappa shape index (κ3) is 2.39. The molecule has 0 heterocycles. The quantitative estimate of drug-likeness (QED) is 0.772. The fourth-order valence-electron chi connectivity index (χ4n) is 1.03. The summed E-state index contributed by atoms with van der Waals surface area (Å²) in [6.45, 7) is 1.75. The normalized spacial score (nSPS) is 9.57. The number of phenolic OH excluding ortho intramolecular Hbond substituents is 1. The van der Waals surface area contributed by atoms with E-state index in [1.165, 1.54) is 19.2 Å². The molecule has 0 saturated carbocycles. The van der Waals surface area contributed by atoms with Crippen molar-refractivity contribution in [1.29, 1.82) is 0 Å². The zero-order chi connectivity index (χ0) is 10.6. The van der Waals surface area contributed by atoms with Crippen LogP contribution >= 0.6 is 0 Å². The number of rotatable bonds is 3. The number of hydrogen-bond acceptors (Lipinski definition) is 3. The monoisotopic (exact) mass is 195 g/mol. The first-order valence-electron chi connectivity index (χ1n) is 4.34.